The summed E-state index contributed by atoms with van der Waals surface area (Å²) in [5, 5.41) is 11.7. The summed E-state index contributed by atoms with van der Waals surface area (Å²) in [6.07, 6.45) is 2.35. The number of carbonyl (C=O) groups is 1. The van der Waals surface area contributed by atoms with Crippen molar-refractivity contribution >= 4 is 17.5 Å². The molecule has 2 aromatic rings. The summed E-state index contributed by atoms with van der Waals surface area (Å²) in [6.45, 7) is 4.94. The second-order valence-electron chi connectivity index (χ2n) is 6.54. The highest BCUT2D eigenvalue weighted by atomic mass is 16.6. The van der Waals surface area contributed by atoms with E-state index in [2.05, 4.69) is 9.97 Å². The van der Waals surface area contributed by atoms with Gasteiger partial charge in [0.1, 0.15) is 12.1 Å². The van der Waals surface area contributed by atoms with Crippen molar-refractivity contribution in [1.82, 2.24) is 9.97 Å². The number of esters is 1. The first-order valence-electron chi connectivity index (χ1n) is 9.15. The van der Waals surface area contributed by atoms with E-state index in [-0.39, 0.29) is 29.3 Å². The second-order valence-corrected chi connectivity index (χ2v) is 6.54. The Morgan fingerprint density at radius 1 is 1.32 bits per heavy atom. The Hall–Kier alpha value is -3.23. The third-order valence-electron chi connectivity index (χ3n) is 4.57. The minimum atomic E-state index is -0.530. The quantitative estimate of drug-likeness (QED) is 0.423. The van der Waals surface area contributed by atoms with Gasteiger partial charge in [0.25, 0.3) is 0 Å². The average Bonchev–Trinajstić information content (AvgIpc) is 2.68. The van der Waals surface area contributed by atoms with E-state index in [1.54, 1.807) is 30.0 Å². The van der Waals surface area contributed by atoms with Gasteiger partial charge >= 0.3 is 17.5 Å². The van der Waals surface area contributed by atoms with Gasteiger partial charge in [-0.1, -0.05) is 12.1 Å². The predicted molar refractivity (Wildman–Crippen MR) is 102 cm³/mol. The molecule has 0 saturated carbocycles. The first-order chi connectivity index (χ1) is 13.5. The molecule has 3 rings (SSSR count). The fourth-order valence-corrected chi connectivity index (χ4v) is 3.20. The van der Waals surface area contributed by atoms with Gasteiger partial charge < -0.3 is 14.4 Å². The van der Waals surface area contributed by atoms with Crippen molar-refractivity contribution in [3.63, 3.8) is 0 Å². The molecule has 0 spiro atoms. The average molecular weight is 386 g/mol. The van der Waals surface area contributed by atoms with Crippen LogP contribution in [0.15, 0.2) is 30.6 Å². The van der Waals surface area contributed by atoms with Crippen LogP contribution in [0.5, 0.6) is 11.6 Å². The number of hydrogen-bond donors (Lipinski definition) is 0. The van der Waals surface area contributed by atoms with Crippen LogP contribution in [0.25, 0.3) is 0 Å². The summed E-state index contributed by atoms with van der Waals surface area (Å²) in [4.78, 5) is 33.0. The third-order valence-corrected chi connectivity index (χ3v) is 4.57. The molecule has 148 valence electrons. The van der Waals surface area contributed by atoms with Gasteiger partial charge in [0, 0.05) is 13.1 Å². The van der Waals surface area contributed by atoms with E-state index in [9.17, 15) is 14.9 Å². The molecule has 9 nitrogen and oxygen atoms in total. The number of aromatic nitrogens is 2. The Morgan fingerprint density at radius 2 is 2.07 bits per heavy atom. The normalized spacial score (nSPS) is 14.6. The van der Waals surface area contributed by atoms with Crippen LogP contribution >= 0.6 is 0 Å². The fourth-order valence-electron chi connectivity index (χ4n) is 3.20. The molecule has 1 fully saturated rings. The zero-order valence-electron chi connectivity index (χ0n) is 15.8. The zero-order chi connectivity index (χ0) is 20.1. The maximum absolute atomic E-state index is 11.9. The van der Waals surface area contributed by atoms with Crippen molar-refractivity contribution in [2.45, 2.75) is 26.7 Å². The Morgan fingerprint density at radius 3 is 2.71 bits per heavy atom. The number of aryl methyl sites for hydroxylation is 1. The minimum Gasteiger partial charge on any atom is -0.466 e. The van der Waals surface area contributed by atoms with Crippen LogP contribution in [0, 0.1) is 23.0 Å². The van der Waals surface area contributed by atoms with E-state index in [4.69, 9.17) is 9.47 Å². The molecule has 1 aliphatic rings. The lowest BCUT2D eigenvalue weighted by Crippen LogP contribution is -2.37. The second kappa shape index (κ2) is 8.64. The first kappa shape index (κ1) is 19.5. The molecule has 28 heavy (non-hydrogen) atoms. The number of rotatable bonds is 6. The lowest BCUT2D eigenvalue weighted by molar-refractivity contribution is -0.385. The van der Waals surface area contributed by atoms with E-state index in [1.165, 1.54) is 6.33 Å². The van der Waals surface area contributed by atoms with Gasteiger partial charge in [-0.2, -0.15) is 4.98 Å². The zero-order valence-corrected chi connectivity index (χ0v) is 15.8. The van der Waals surface area contributed by atoms with Gasteiger partial charge in [0.05, 0.1) is 17.4 Å². The molecule has 0 radical (unpaired) electrons. The molecule has 1 aliphatic heterocycles. The van der Waals surface area contributed by atoms with Crippen LogP contribution in [0.2, 0.25) is 0 Å². The molecule has 0 aliphatic carbocycles. The van der Waals surface area contributed by atoms with Crippen molar-refractivity contribution in [3.05, 3.63) is 46.3 Å². The van der Waals surface area contributed by atoms with Crippen LogP contribution in [0.3, 0.4) is 0 Å². The predicted octanol–water partition coefficient (Wildman–Crippen LogP) is 3.27. The summed E-state index contributed by atoms with van der Waals surface area (Å²) in [5.74, 6) is 0.148. The lowest BCUT2D eigenvalue weighted by atomic mass is 9.97. The highest BCUT2D eigenvalue weighted by Crippen LogP contribution is 2.37. The summed E-state index contributed by atoms with van der Waals surface area (Å²) < 4.78 is 10.7. The standard InChI is InChI=1S/C19H22N4O5/c1-3-27-19(24)14-7-9-22(10-8-14)17-16(23(25)26)18(21-12-20-17)28-15-6-4-5-13(2)11-15/h4-6,11-12,14H,3,7-10H2,1-2H3. The number of nitrogens with zero attached hydrogens (tertiary/aromatic N) is 4. The Labute approximate surface area is 162 Å². The summed E-state index contributed by atoms with van der Waals surface area (Å²) in [6, 6.07) is 7.19. The topological polar surface area (TPSA) is 108 Å². The van der Waals surface area contributed by atoms with E-state index < -0.39 is 4.92 Å². The SMILES string of the molecule is CCOC(=O)C1CCN(c2ncnc(Oc3cccc(C)c3)c2[N+](=O)[O-])CC1. The largest absolute Gasteiger partial charge is 0.466 e. The maximum atomic E-state index is 11.9. The number of carbonyl (C=O) groups excluding carboxylic acids is 1. The molecule has 1 aromatic heterocycles. The molecular formula is C19H22N4O5. The maximum Gasteiger partial charge on any atom is 0.373 e. The molecule has 0 unspecified atom stereocenters. The van der Waals surface area contributed by atoms with Gasteiger partial charge in [-0.15, -0.1) is 0 Å². The van der Waals surface area contributed by atoms with Crippen LogP contribution in [0.4, 0.5) is 11.5 Å². The molecule has 0 bridgehead atoms. The number of hydrogen-bond acceptors (Lipinski definition) is 8. The van der Waals surface area contributed by atoms with Gasteiger partial charge in [0.15, 0.2) is 0 Å². The van der Waals surface area contributed by atoms with Crippen molar-refractivity contribution in [2.75, 3.05) is 24.6 Å². The number of nitro groups is 1. The Kier molecular flexibility index (Phi) is 6.03. The highest BCUT2D eigenvalue weighted by Gasteiger charge is 2.33. The molecule has 0 N–H and O–H groups in total. The molecule has 2 heterocycles. The monoisotopic (exact) mass is 386 g/mol. The van der Waals surface area contributed by atoms with Crippen LogP contribution < -0.4 is 9.64 Å². The van der Waals surface area contributed by atoms with Crippen LogP contribution in [-0.2, 0) is 9.53 Å². The summed E-state index contributed by atoms with van der Waals surface area (Å²) in [7, 11) is 0. The first-order valence-corrected chi connectivity index (χ1v) is 9.15. The fraction of sp³-hybridized carbons (Fsp3) is 0.421. The van der Waals surface area contributed by atoms with E-state index in [0.29, 0.717) is 38.3 Å². The molecule has 0 amide bonds. The van der Waals surface area contributed by atoms with Crippen molar-refractivity contribution in [3.8, 4) is 11.6 Å². The van der Waals surface area contributed by atoms with Crippen molar-refractivity contribution < 1.29 is 19.2 Å². The van der Waals surface area contributed by atoms with Gasteiger partial charge in [0.2, 0.25) is 5.82 Å². The van der Waals surface area contributed by atoms with E-state index in [0.717, 1.165) is 5.56 Å². The number of piperidine rings is 1. The van der Waals surface area contributed by atoms with Crippen LogP contribution in [-0.4, -0.2) is 40.6 Å². The molecular weight excluding hydrogens is 364 g/mol. The molecule has 9 heteroatoms. The number of anilines is 1. The molecule has 1 saturated heterocycles. The third kappa shape index (κ3) is 4.36. The summed E-state index contributed by atoms with van der Waals surface area (Å²) in [5.41, 5.74) is 0.689. The molecule has 1 aromatic carbocycles. The van der Waals surface area contributed by atoms with Crippen molar-refractivity contribution in [2.24, 2.45) is 5.92 Å². The van der Waals surface area contributed by atoms with Crippen LogP contribution in [0.1, 0.15) is 25.3 Å². The Balaban J connectivity index is 1.82. The number of benzene rings is 1. The Bertz CT molecular complexity index is 865. The molecule has 0 atom stereocenters. The smallest absolute Gasteiger partial charge is 0.373 e. The van der Waals surface area contributed by atoms with Gasteiger partial charge in [-0.05, 0) is 44.4 Å². The van der Waals surface area contributed by atoms with E-state index in [1.807, 2.05) is 13.0 Å². The number of ether oxygens (including phenoxy) is 2. The van der Waals surface area contributed by atoms with Gasteiger partial charge in [-0.25, -0.2) is 4.98 Å². The summed E-state index contributed by atoms with van der Waals surface area (Å²) >= 11 is 0. The highest BCUT2D eigenvalue weighted by molar-refractivity contribution is 5.73. The van der Waals surface area contributed by atoms with E-state index >= 15 is 0 Å². The minimum absolute atomic E-state index is 0.104. The lowest BCUT2D eigenvalue weighted by Gasteiger charge is -2.31. The van der Waals surface area contributed by atoms with Crippen molar-refractivity contribution in [1.29, 1.82) is 0 Å². The van der Waals surface area contributed by atoms with Gasteiger partial charge in [-0.3, -0.25) is 14.9 Å².